The Balaban J connectivity index is 1.86. The van der Waals surface area contributed by atoms with Crippen molar-refractivity contribution in [3.8, 4) is 0 Å². The van der Waals surface area contributed by atoms with Crippen molar-refractivity contribution in [2.45, 2.75) is 70.3 Å². The third-order valence-electron chi connectivity index (χ3n) is 5.81. The van der Waals surface area contributed by atoms with E-state index in [2.05, 4.69) is 38.1 Å². The van der Waals surface area contributed by atoms with Crippen molar-refractivity contribution >= 4 is 5.97 Å². The highest BCUT2D eigenvalue weighted by atomic mass is 16.6. The molecule has 3 atom stereocenters. The molecular formula is C21H28O3. The minimum Gasteiger partial charge on any atom is -0.512 e. The molecule has 1 aliphatic carbocycles. The van der Waals surface area contributed by atoms with Gasteiger partial charge in [-0.2, -0.15) is 0 Å². The normalized spacial score (nSPS) is 27.3. The summed E-state index contributed by atoms with van der Waals surface area (Å²) in [7, 11) is 0. The molecular weight excluding hydrogens is 300 g/mol. The van der Waals surface area contributed by atoms with Crippen molar-refractivity contribution in [3.63, 3.8) is 0 Å². The topological polar surface area (TPSA) is 46.5 Å². The molecule has 3 unspecified atom stereocenters. The molecule has 0 spiro atoms. The minimum atomic E-state index is -0.576. The van der Waals surface area contributed by atoms with Crippen LogP contribution < -0.4 is 0 Å². The quantitative estimate of drug-likeness (QED) is 0.742. The van der Waals surface area contributed by atoms with E-state index < -0.39 is 11.6 Å². The number of aryl methyl sites for hydroxylation is 1. The second-order valence-electron chi connectivity index (χ2n) is 7.48. The lowest BCUT2D eigenvalue weighted by molar-refractivity contribution is -0.166. The van der Waals surface area contributed by atoms with Crippen molar-refractivity contribution in [2.75, 3.05) is 0 Å². The van der Waals surface area contributed by atoms with Gasteiger partial charge in [0.2, 0.25) is 0 Å². The molecule has 0 bridgehead atoms. The zero-order valence-electron chi connectivity index (χ0n) is 14.8. The van der Waals surface area contributed by atoms with Crippen LogP contribution in [-0.2, 0) is 16.0 Å². The van der Waals surface area contributed by atoms with E-state index in [1.54, 1.807) is 0 Å². The number of unbranched alkanes of at least 4 members (excludes halogenated alkanes) is 1. The van der Waals surface area contributed by atoms with Gasteiger partial charge < -0.3 is 9.84 Å². The number of esters is 1. The predicted molar refractivity (Wildman–Crippen MR) is 95.0 cm³/mol. The predicted octanol–water partition coefficient (Wildman–Crippen LogP) is 5.06. The van der Waals surface area contributed by atoms with Crippen LogP contribution in [-0.4, -0.2) is 16.7 Å². The van der Waals surface area contributed by atoms with Crippen molar-refractivity contribution < 1.29 is 14.6 Å². The van der Waals surface area contributed by atoms with Crippen molar-refractivity contribution in [2.24, 2.45) is 5.92 Å². The number of aliphatic hydroxyl groups is 1. The van der Waals surface area contributed by atoms with Crippen LogP contribution in [0.5, 0.6) is 0 Å². The summed E-state index contributed by atoms with van der Waals surface area (Å²) in [6.45, 7) is 4.35. The Hall–Kier alpha value is -1.77. The summed E-state index contributed by atoms with van der Waals surface area (Å²) in [6.07, 6.45) is 7.94. The minimum absolute atomic E-state index is 0.167. The average molecular weight is 328 g/mol. The van der Waals surface area contributed by atoms with Gasteiger partial charge in [-0.15, -0.1) is 0 Å². The molecule has 3 heteroatoms. The Morgan fingerprint density at radius 3 is 2.92 bits per heavy atom. The lowest BCUT2D eigenvalue weighted by Gasteiger charge is -2.42. The number of benzene rings is 1. The largest absolute Gasteiger partial charge is 0.512 e. The van der Waals surface area contributed by atoms with E-state index in [1.807, 2.05) is 0 Å². The summed E-state index contributed by atoms with van der Waals surface area (Å²) >= 11 is 0. The lowest BCUT2D eigenvalue weighted by atomic mass is 9.74. The van der Waals surface area contributed by atoms with Gasteiger partial charge in [-0.25, -0.2) is 4.79 Å². The molecule has 0 amide bonds. The summed E-state index contributed by atoms with van der Waals surface area (Å²) in [5.74, 6) is 0.420. The maximum atomic E-state index is 12.0. The molecule has 0 radical (unpaired) electrons. The smallest absolute Gasteiger partial charge is 0.334 e. The Labute approximate surface area is 144 Å². The second-order valence-corrected chi connectivity index (χ2v) is 7.48. The van der Waals surface area contributed by atoms with Crippen LogP contribution in [0.15, 0.2) is 36.1 Å². The lowest BCUT2D eigenvalue weighted by Crippen LogP contribution is -2.45. The summed E-state index contributed by atoms with van der Waals surface area (Å²) in [5, 5.41) is 10.1. The van der Waals surface area contributed by atoms with Gasteiger partial charge in [0.1, 0.15) is 11.4 Å². The first-order valence-electron chi connectivity index (χ1n) is 9.24. The zero-order chi connectivity index (χ0) is 17.2. The number of carbonyl (C=O) groups is 1. The summed E-state index contributed by atoms with van der Waals surface area (Å²) in [5.41, 5.74) is 2.23. The Kier molecular flexibility index (Phi) is 4.98. The molecule has 130 valence electrons. The Morgan fingerprint density at radius 2 is 2.17 bits per heavy atom. The molecule has 0 saturated heterocycles. The van der Waals surface area contributed by atoms with Crippen LogP contribution in [0, 0.1) is 5.92 Å². The molecule has 3 nitrogen and oxygen atoms in total. The van der Waals surface area contributed by atoms with Gasteiger partial charge in [0, 0.05) is 6.42 Å². The highest BCUT2D eigenvalue weighted by Gasteiger charge is 2.45. The first-order valence-corrected chi connectivity index (χ1v) is 9.24. The third-order valence-corrected chi connectivity index (χ3v) is 5.81. The summed E-state index contributed by atoms with van der Waals surface area (Å²) in [6, 6.07) is 8.59. The Morgan fingerprint density at radius 1 is 1.38 bits per heavy atom. The zero-order valence-corrected chi connectivity index (χ0v) is 14.8. The second kappa shape index (κ2) is 7.00. The van der Waals surface area contributed by atoms with E-state index >= 15 is 0 Å². The Bertz CT molecular complexity index is 634. The van der Waals surface area contributed by atoms with Crippen LogP contribution in [0.25, 0.3) is 0 Å². The van der Waals surface area contributed by atoms with Crippen LogP contribution >= 0.6 is 0 Å². The van der Waals surface area contributed by atoms with E-state index in [4.69, 9.17) is 4.74 Å². The summed E-state index contributed by atoms with van der Waals surface area (Å²) in [4.78, 5) is 12.0. The fourth-order valence-corrected chi connectivity index (χ4v) is 4.40. The first kappa shape index (κ1) is 17.1. The summed E-state index contributed by atoms with van der Waals surface area (Å²) < 4.78 is 5.90. The highest BCUT2D eigenvalue weighted by Crippen LogP contribution is 2.46. The van der Waals surface area contributed by atoms with E-state index in [9.17, 15) is 9.90 Å². The van der Waals surface area contributed by atoms with E-state index in [-0.39, 0.29) is 11.7 Å². The maximum absolute atomic E-state index is 12.0. The number of carbonyl (C=O) groups excluding carboxylic acids is 1. The molecule has 0 fully saturated rings. The van der Waals surface area contributed by atoms with E-state index in [0.717, 1.165) is 38.5 Å². The van der Waals surface area contributed by atoms with Crippen molar-refractivity contribution in [3.05, 3.63) is 47.2 Å². The van der Waals surface area contributed by atoms with Crippen LogP contribution in [0.3, 0.4) is 0 Å². The van der Waals surface area contributed by atoms with Crippen LogP contribution in [0.2, 0.25) is 0 Å². The van der Waals surface area contributed by atoms with Crippen LogP contribution in [0.1, 0.15) is 69.4 Å². The number of rotatable bonds is 6. The highest BCUT2D eigenvalue weighted by molar-refractivity contribution is 5.83. The van der Waals surface area contributed by atoms with Gasteiger partial charge in [-0.3, -0.25) is 0 Å². The standard InChI is InChI=1S/C21H28O3/c1-3-4-7-15(2)21(14-18(22)12-20(23)24-21)13-17-11-10-16-8-5-6-9-19(16)17/h5-6,8-9,12,15,17,22H,3-4,7,10-11,13-14H2,1-2H3. The van der Waals surface area contributed by atoms with Crippen LogP contribution in [0.4, 0.5) is 0 Å². The number of hydrogen-bond donors (Lipinski definition) is 1. The molecule has 0 saturated carbocycles. The molecule has 1 N–H and O–H groups in total. The number of aliphatic hydroxyl groups excluding tert-OH is 1. The number of ether oxygens (including phenoxy) is 1. The molecule has 1 aromatic rings. The van der Waals surface area contributed by atoms with E-state index in [0.29, 0.717) is 12.3 Å². The molecule has 1 heterocycles. The number of hydrogen-bond acceptors (Lipinski definition) is 3. The van der Waals surface area contributed by atoms with Gasteiger partial charge in [0.15, 0.2) is 0 Å². The van der Waals surface area contributed by atoms with Gasteiger partial charge in [0.25, 0.3) is 0 Å². The molecule has 1 aromatic carbocycles. The van der Waals surface area contributed by atoms with Gasteiger partial charge >= 0.3 is 5.97 Å². The van der Waals surface area contributed by atoms with Gasteiger partial charge in [-0.05, 0) is 48.6 Å². The first-order chi connectivity index (χ1) is 11.5. The monoisotopic (exact) mass is 328 g/mol. The fraction of sp³-hybridized carbons (Fsp3) is 0.571. The molecule has 24 heavy (non-hydrogen) atoms. The number of cyclic esters (lactones) is 1. The fourth-order valence-electron chi connectivity index (χ4n) is 4.40. The molecule has 1 aliphatic heterocycles. The van der Waals surface area contributed by atoms with Crippen molar-refractivity contribution in [1.82, 2.24) is 0 Å². The third kappa shape index (κ3) is 3.35. The van der Waals surface area contributed by atoms with Crippen molar-refractivity contribution in [1.29, 1.82) is 0 Å². The van der Waals surface area contributed by atoms with Gasteiger partial charge in [0.05, 0.1) is 6.08 Å². The molecule has 0 aromatic heterocycles. The molecule has 2 aliphatic rings. The average Bonchev–Trinajstić information content (AvgIpc) is 2.94. The maximum Gasteiger partial charge on any atom is 0.334 e. The number of fused-ring (bicyclic) bond motifs is 1. The van der Waals surface area contributed by atoms with Gasteiger partial charge in [-0.1, -0.05) is 51.0 Å². The van der Waals surface area contributed by atoms with E-state index in [1.165, 1.54) is 17.2 Å². The molecule has 3 rings (SSSR count). The SMILES string of the molecule is CCCCC(C)C1(CC2CCc3ccccc32)CC(O)=CC(=O)O1.